The lowest BCUT2D eigenvalue weighted by atomic mass is 10.1. The molecule has 1 aromatic carbocycles. The van der Waals surface area contributed by atoms with Crippen molar-refractivity contribution in [1.82, 2.24) is 5.48 Å². The van der Waals surface area contributed by atoms with E-state index in [1.54, 1.807) is 12.1 Å². The van der Waals surface area contributed by atoms with Gasteiger partial charge in [-0.05, 0) is 18.9 Å². The fourth-order valence-corrected chi connectivity index (χ4v) is 1.15. The van der Waals surface area contributed by atoms with Crippen LogP contribution in [0.4, 0.5) is 5.69 Å². The van der Waals surface area contributed by atoms with Crippen LogP contribution in [0.1, 0.15) is 12.5 Å². The number of hydrogen-bond acceptors (Lipinski definition) is 4. The van der Waals surface area contributed by atoms with E-state index in [2.05, 4.69) is 5.48 Å². The standard InChI is InChI=1S/C10H14N2O3/c1-2-15-11-8-7-9-3-5-10(6-4-9)12(13)14/h3-6,11H,2,7-8H2,1H3. The molecule has 0 saturated carbocycles. The molecule has 0 saturated heterocycles. The van der Waals surface area contributed by atoms with Crippen molar-refractivity contribution < 1.29 is 9.76 Å². The highest BCUT2D eigenvalue weighted by Gasteiger charge is 2.03. The molecule has 0 aliphatic heterocycles. The summed E-state index contributed by atoms with van der Waals surface area (Å²) in [6.45, 7) is 3.23. The van der Waals surface area contributed by atoms with Crippen molar-refractivity contribution in [2.75, 3.05) is 13.2 Å². The summed E-state index contributed by atoms with van der Waals surface area (Å²) in [6.07, 6.45) is 0.790. The van der Waals surface area contributed by atoms with E-state index < -0.39 is 4.92 Å². The molecule has 1 aromatic rings. The molecule has 0 bridgehead atoms. The van der Waals surface area contributed by atoms with Crippen LogP contribution in [0.15, 0.2) is 24.3 Å². The Kier molecular flexibility index (Phi) is 4.73. The summed E-state index contributed by atoms with van der Waals surface area (Å²) in [5.74, 6) is 0. The van der Waals surface area contributed by atoms with Crippen LogP contribution in [-0.2, 0) is 11.3 Å². The second-order valence-corrected chi connectivity index (χ2v) is 3.00. The van der Waals surface area contributed by atoms with Crippen LogP contribution in [0.2, 0.25) is 0 Å². The molecule has 1 N–H and O–H groups in total. The van der Waals surface area contributed by atoms with Crippen molar-refractivity contribution in [3.63, 3.8) is 0 Å². The van der Waals surface area contributed by atoms with Gasteiger partial charge in [-0.25, -0.2) is 5.48 Å². The highest BCUT2D eigenvalue weighted by Crippen LogP contribution is 2.11. The highest BCUT2D eigenvalue weighted by atomic mass is 16.6. The molecule has 0 atom stereocenters. The molecule has 0 aromatic heterocycles. The molecule has 0 amide bonds. The Morgan fingerprint density at radius 2 is 2.07 bits per heavy atom. The van der Waals surface area contributed by atoms with Crippen LogP contribution in [0.3, 0.4) is 0 Å². The number of hydroxylamine groups is 1. The SMILES string of the molecule is CCONCCc1ccc([N+](=O)[O-])cc1. The molecular weight excluding hydrogens is 196 g/mol. The minimum Gasteiger partial charge on any atom is -0.302 e. The van der Waals surface area contributed by atoms with Gasteiger partial charge in [0.1, 0.15) is 0 Å². The summed E-state index contributed by atoms with van der Waals surface area (Å²) in [7, 11) is 0. The van der Waals surface area contributed by atoms with E-state index in [0.29, 0.717) is 13.2 Å². The van der Waals surface area contributed by atoms with Gasteiger partial charge in [-0.3, -0.25) is 10.1 Å². The predicted molar refractivity (Wildman–Crippen MR) is 56.4 cm³/mol. The van der Waals surface area contributed by atoms with Gasteiger partial charge in [0.15, 0.2) is 0 Å². The Labute approximate surface area is 88.2 Å². The third kappa shape index (κ3) is 4.05. The summed E-state index contributed by atoms with van der Waals surface area (Å²) in [6, 6.07) is 6.53. The average Bonchev–Trinajstić information content (AvgIpc) is 2.25. The Morgan fingerprint density at radius 3 is 2.60 bits per heavy atom. The molecule has 0 fully saturated rings. The molecule has 0 heterocycles. The molecule has 15 heavy (non-hydrogen) atoms. The minimum absolute atomic E-state index is 0.122. The quantitative estimate of drug-likeness (QED) is 0.440. The molecule has 5 heteroatoms. The normalized spacial score (nSPS) is 10.2. The Balaban J connectivity index is 2.39. The Hall–Kier alpha value is -1.46. The molecule has 5 nitrogen and oxygen atoms in total. The summed E-state index contributed by atoms with van der Waals surface area (Å²) in [4.78, 5) is 14.9. The summed E-state index contributed by atoms with van der Waals surface area (Å²) < 4.78 is 0. The maximum Gasteiger partial charge on any atom is 0.269 e. The minimum atomic E-state index is -0.401. The zero-order valence-electron chi connectivity index (χ0n) is 8.60. The number of nitrogens with one attached hydrogen (secondary N) is 1. The monoisotopic (exact) mass is 210 g/mol. The van der Waals surface area contributed by atoms with Crippen molar-refractivity contribution in [1.29, 1.82) is 0 Å². The molecule has 0 spiro atoms. The molecule has 0 aliphatic carbocycles. The van der Waals surface area contributed by atoms with Crippen LogP contribution in [0.25, 0.3) is 0 Å². The largest absolute Gasteiger partial charge is 0.302 e. The van der Waals surface area contributed by atoms with Gasteiger partial charge < -0.3 is 4.84 Å². The van der Waals surface area contributed by atoms with E-state index in [-0.39, 0.29) is 5.69 Å². The fraction of sp³-hybridized carbons (Fsp3) is 0.400. The number of hydrogen-bond donors (Lipinski definition) is 1. The molecule has 1 rings (SSSR count). The Morgan fingerprint density at radius 1 is 1.40 bits per heavy atom. The van der Waals surface area contributed by atoms with Gasteiger partial charge in [-0.2, -0.15) is 0 Å². The lowest BCUT2D eigenvalue weighted by molar-refractivity contribution is -0.384. The van der Waals surface area contributed by atoms with Crippen LogP contribution < -0.4 is 5.48 Å². The van der Waals surface area contributed by atoms with Gasteiger partial charge in [0.05, 0.1) is 11.5 Å². The first-order chi connectivity index (χ1) is 7.24. The van der Waals surface area contributed by atoms with Gasteiger partial charge >= 0.3 is 0 Å². The fourth-order valence-electron chi connectivity index (χ4n) is 1.15. The first kappa shape index (κ1) is 11.6. The van der Waals surface area contributed by atoms with Crippen molar-refractivity contribution in [3.05, 3.63) is 39.9 Å². The lowest BCUT2D eigenvalue weighted by Crippen LogP contribution is -2.17. The lowest BCUT2D eigenvalue weighted by Gasteiger charge is -2.03. The number of nitro benzene ring substituents is 1. The second kappa shape index (κ2) is 6.10. The average molecular weight is 210 g/mol. The van der Waals surface area contributed by atoms with Crippen LogP contribution in [0.5, 0.6) is 0 Å². The third-order valence-electron chi connectivity index (χ3n) is 1.91. The summed E-state index contributed by atoms with van der Waals surface area (Å²) in [5, 5.41) is 10.4. The van der Waals surface area contributed by atoms with Gasteiger partial charge in [0, 0.05) is 18.7 Å². The van der Waals surface area contributed by atoms with E-state index in [9.17, 15) is 10.1 Å². The van der Waals surface area contributed by atoms with Gasteiger partial charge in [0.25, 0.3) is 5.69 Å². The number of benzene rings is 1. The zero-order chi connectivity index (χ0) is 11.1. The maximum absolute atomic E-state index is 10.4. The first-order valence-electron chi connectivity index (χ1n) is 4.82. The Bertz CT molecular complexity index is 311. The third-order valence-corrected chi connectivity index (χ3v) is 1.91. The molecule has 0 aliphatic rings. The first-order valence-corrected chi connectivity index (χ1v) is 4.82. The predicted octanol–water partition coefficient (Wildman–Crippen LogP) is 1.68. The van der Waals surface area contributed by atoms with E-state index in [4.69, 9.17) is 4.84 Å². The summed E-state index contributed by atoms with van der Waals surface area (Å²) >= 11 is 0. The van der Waals surface area contributed by atoms with Crippen LogP contribution in [-0.4, -0.2) is 18.1 Å². The molecule has 82 valence electrons. The van der Waals surface area contributed by atoms with E-state index in [1.807, 2.05) is 6.92 Å². The van der Waals surface area contributed by atoms with Gasteiger partial charge in [0.2, 0.25) is 0 Å². The molecule has 0 radical (unpaired) electrons. The van der Waals surface area contributed by atoms with Crippen LogP contribution >= 0.6 is 0 Å². The summed E-state index contributed by atoms with van der Waals surface area (Å²) in [5.41, 5.74) is 3.96. The number of nitrogens with zero attached hydrogens (tertiary/aromatic N) is 1. The van der Waals surface area contributed by atoms with Crippen LogP contribution in [0, 0.1) is 10.1 Å². The smallest absolute Gasteiger partial charge is 0.269 e. The number of rotatable bonds is 6. The van der Waals surface area contributed by atoms with E-state index >= 15 is 0 Å². The van der Waals surface area contributed by atoms with E-state index in [0.717, 1.165) is 12.0 Å². The maximum atomic E-state index is 10.4. The van der Waals surface area contributed by atoms with E-state index in [1.165, 1.54) is 12.1 Å². The number of non-ortho nitro benzene ring substituents is 1. The second-order valence-electron chi connectivity index (χ2n) is 3.00. The van der Waals surface area contributed by atoms with Crippen molar-refractivity contribution in [3.8, 4) is 0 Å². The topological polar surface area (TPSA) is 64.4 Å². The molecule has 0 unspecified atom stereocenters. The molecular formula is C10H14N2O3. The van der Waals surface area contributed by atoms with Gasteiger partial charge in [-0.15, -0.1) is 0 Å². The van der Waals surface area contributed by atoms with Crippen molar-refractivity contribution in [2.24, 2.45) is 0 Å². The zero-order valence-corrected chi connectivity index (χ0v) is 8.60. The van der Waals surface area contributed by atoms with Crippen molar-refractivity contribution in [2.45, 2.75) is 13.3 Å². The van der Waals surface area contributed by atoms with Crippen molar-refractivity contribution >= 4 is 5.69 Å². The van der Waals surface area contributed by atoms with Gasteiger partial charge in [-0.1, -0.05) is 12.1 Å². The highest BCUT2D eigenvalue weighted by molar-refractivity contribution is 5.32. The number of nitro groups is 1.